The highest BCUT2D eigenvalue weighted by atomic mass is 35.5. The molecule has 0 radical (unpaired) electrons. The minimum absolute atomic E-state index is 0.154. The molecule has 0 atom stereocenters. The fourth-order valence-corrected chi connectivity index (χ4v) is 4.75. The highest BCUT2D eigenvalue weighted by molar-refractivity contribution is 7.17. The zero-order chi connectivity index (χ0) is 21.4. The normalized spacial score (nSPS) is 11.1. The summed E-state index contributed by atoms with van der Waals surface area (Å²) in [4.78, 5) is 18.4. The first kappa shape index (κ1) is 21.0. The molecule has 9 heteroatoms. The third-order valence-electron chi connectivity index (χ3n) is 4.72. The lowest BCUT2D eigenvalue weighted by atomic mass is 10.1. The van der Waals surface area contributed by atoms with Crippen LogP contribution in [-0.4, -0.2) is 23.8 Å². The van der Waals surface area contributed by atoms with Gasteiger partial charge in [-0.15, -0.1) is 11.3 Å². The maximum Gasteiger partial charge on any atom is 0.263 e. The van der Waals surface area contributed by atoms with E-state index in [1.165, 1.54) is 22.2 Å². The van der Waals surface area contributed by atoms with Gasteiger partial charge in [0, 0.05) is 21.5 Å². The summed E-state index contributed by atoms with van der Waals surface area (Å²) >= 11 is 20.1. The maximum atomic E-state index is 13.3. The van der Waals surface area contributed by atoms with Gasteiger partial charge in [0.05, 0.1) is 42.5 Å². The molecule has 154 valence electrons. The number of rotatable bonds is 5. The summed E-state index contributed by atoms with van der Waals surface area (Å²) in [6.07, 6.45) is 1.49. The average Bonchev–Trinajstić information content (AvgIpc) is 3.20. The van der Waals surface area contributed by atoms with Gasteiger partial charge < -0.3 is 9.47 Å². The Morgan fingerprint density at radius 3 is 2.50 bits per heavy atom. The van der Waals surface area contributed by atoms with E-state index in [4.69, 9.17) is 44.3 Å². The van der Waals surface area contributed by atoms with Crippen LogP contribution in [0.5, 0.6) is 11.5 Å². The zero-order valence-electron chi connectivity index (χ0n) is 15.9. The van der Waals surface area contributed by atoms with Gasteiger partial charge in [-0.3, -0.25) is 9.36 Å². The molecule has 0 saturated heterocycles. The van der Waals surface area contributed by atoms with Gasteiger partial charge >= 0.3 is 0 Å². The van der Waals surface area contributed by atoms with E-state index in [0.29, 0.717) is 42.3 Å². The van der Waals surface area contributed by atoms with Crippen LogP contribution in [0.2, 0.25) is 15.1 Å². The summed E-state index contributed by atoms with van der Waals surface area (Å²) in [6, 6.07) is 8.79. The van der Waals surface area contributed by atoms with Crippen LogP contribution in [0, 0.1) is 0 Å². The first-order valence-electron chi connectivity index (χ1n) is 8.76. The van der Waals surface area contributed by atoms with E-state index in [0.717, 1.165) is 11.1 Å². The molecule has 0 fully saturated rings. The first-order chi connectivity index (χ1) is 14.4. The van der Waals surface area contributed by atoms with Crippen molar-refractivity contribution in [3.63, 3.8) is 0 Å². The second-order valence-corrected chi connectivity index (χ2v) is 8.45. The van der Waals surface area contributed by atoms with Crippen molar-refractivity contribution < 1.29 is 9.47 Å². The summed E-state index contributed by atoms with van der Waals surface area (Å²) < 4.78 is 12.2. The van der Waals surface area contributed by atoms with E-state index in [-0.39, 0.29) is 12.1 Å². The molecule has 0 N–H and O–H groups in total. The molecule has 0 saturated carbocycles. The van der Waals surface area contributed by atoms with Crippen LogP contribution in [0.3, 0.4) is 0 Å². The number of ether oxygens (including phenoxy) is 2. The molecular formula is C21H15Cl3N2O3S. The summed E-state index contributed by atoms with van der Waals surface area (Å²) in [6.45, 7) is 0.154. The number of aromatic nitrogens is 2. The monoisotopic (exact) mass is 480 g/mol. The van der Waals surface area contributed by atoms with Gasteiger partial charge in [-0.2, -0.15) is 0 Å². The fraction of sp³-hybridized carbons (Fsp3) is 0.143. The molecule has 2 aromatic heterocycles. The Kier molecular flexibility index (Phi) is 5.93. The lowest BCUT2D eigenvalue weighted by molar-refractivity contribution is 0.355. The predicted octanol–water partition coefficient (Wildman–Crippen LogP) is 6.15. The average molecular weight is 482 g/mol. The number of thiophene rings is 1. The second kappa shape index (κ2) is 8.47. The van der Waals surface area contributed by atoms with E-state index in [9.17, 15) is 4.79 Å². The third-order valence-corrected chi connectivity index (χ3v) is 6.81. The summed E-state index contributed by atoms with van der Waals surface area (Å²) in [7, 11) is 3.15. The van der Waals surface area contributed by atoms with Crippen LogP contribution in [-0.2, 0) is 6.54 Å². The standard InChI is InChI=1S/C21H15Cl3N2O3S/c1-28-16-6-3-11(7-17(16)29-2)13-9-30-20-18(13)21(27)26(10-25-20)8-12-14(22)4-5-15(23)19(12)24/h3-7,9-10H,8H2,1-2H3. The largest absolute Gasteiger partial charge is 0.493 e. The van der Waals surface area contributed by atoms with Crippen LogP contribution in [0.25, 0.3) is 21.3 Å². The topological polar surface area (TPSA) is 53.4 Å². The first-order valence-corrected chi connectivity index (χ1v) is 10.8. The van der Waals surface area contributed by atoms with Gasteiger partial charge in [0.2, 0.25) is 0 Å². The van der Waals surface area contributed by atoms with E-state index < -0.39 is 0 Å². The molecule has 30 heavy (non-hydrogen) atoms. The minimum atomic E-state index is -0.196. The molecule has 4 rings (SSSR count). The molecule has 0 aliphatic carbocycles. The molecule has 0 aliphatic heterocycles. The Labute approximate surface area is 191 Å². The molecule has 0 bridgehead atoms. The molecule has 0 aliphatic rings. The number of halogens is 3. The van der Waals surface area contributed by atoms with Gasteiger partial charge in [0.25, 0.3) is 5.56 Å². The van der Waals surface area contributed by atoms with E-state index in [2.05, 4.69) is 4.98 Å². The SMILES string of the molecule is COc1ccc(-c2csc3ncn(Cc4c(Cl)ccc(Cl)c4Cl)c(=O)c23)cc1OC. The molecule has 2 aromatic carbocycles. The third kappa shape index (κ3) is 3.65. The number of hydrogen-bond acceptors (Lipinski definition) is 5. The lowest BCUT2D eigenvalue weighted by Gasteiger charge is -2.11. The Hall–Kier alpha value is -2.25. The van der Waals surface area contributed by atoms with Crippen molar-refractivity contribution in [1.82, 2.24) is 9.55 Å². The maximum absolute atomic E-state index is 13.3. The van der Waals surface area contributed by atoms with Crippen molar-refractivity contribution in [1.29, 1.82) is 0 Å². The summed E-state index contributed by atoms with van der Waals surface area (Å²) in [5.74, 6) is 1.19. The predicted molar refractivity (Wildman–Crippen MR) is 123 cm³/mol. The molecule has 0 spiro atoms. The van der Waals surface area contributed by atoms with Gasteiger partial charge in [0.15, 0.2) is 11.5 Å². The molecule has 2 heterocycles. The zero-order valence-corrected chi connectivity index (χ0v) is 19.0. The number of benzene rings is 2. The minimum Gasteiger partial charge on any atom is -0.493 e. The van der Waals surface area contributed by atoms with E-state index in [1.807, 2.05) is 17.5 Å². The van der Waals surface area contributed by atoms with Crippen molar-refractivity contribution in [3.05, 3.63) is 73.0 Å². The van der Waals surface area contributed by atoms with E-state index >= 15 is 0 Å². The summed E-state index contributed by atoms with van der Waals surface area (Å²) in [5, 5.41) is 3.55. The molecule has 5 nitrogen and oxygen atoms in total. The van der Waals surface area contributed by atoms with E-state index in [1.54, 1.807) is 32.4 Å². The second-order valence-electron chi connectivity index (χ2n) is 6.40. The van der Waals surface area contributed by atoms with Crippen LogP contribution < -0.4 is 15.0 Å². The van der Waals surface area contributed by atoms with Crippen LogP contribution in [0.4, 0.5) is 0 Å². The van der Waals surface area contributed by atoms with Gasteiger partial charge in [-0.1, -0.05) is 40.9 Å². The Bertz CT molecular complexity index is 1320. The van der Waals surface area contributed by atoms with Crippen molar-refractivity contribution in [3.8, 4) is 22.6 Å². The smallest absolute Gasteiger partial charge is 0.263 e. The number of fused-ring (bicyclic) bond motifs is 1. The number of nitrogens with zero attached hydrogens (tertiary/aromatic N) is 2. The quantitative estimate of drug-likeness (QED) is 0.321. The Morgan fingerprint density at radius 2 is 1.77 bits per heavy atom. The van der Waals surface area contributed by atoms with Crippen LogP contribution in [0.15, 0.2) is 46.8 Å². The highest BCUT2D eigenvalue weighted by Gasteiger charge is 2.17. The van der Waals surface area contributed by atoms with Gasteiger partial charge in [-0.05, 0) is 29.8 Å². The molecule has 4 aromatic rings. The van der Waals surface area contributed by atoms with Crippen LogP contribution in [0.1, 0.15) is 5.56 Å². The highest BCUT2D eigenvalue weighted by Crippen LogP contribution is 2.37. The van der Waals surface area contributed by atoms with Crippen LogP contribution >= 0.6 is 46.1 Å². The fourth-order valence-electron chi connectivity index (χ4n) is 3.18. The Balaban J connectivity index is 1.85. The molecular weight excluding hydrogens is 467 g/mol. The van der Waals surface area contributed by atoms with Crippen molar-refractivity contribution in [2.45, 2.75) is 6.54 Å². The number of hydrogen-bond donors (Lipinski definition) is 0. The van der Waals surface area contributed by atoms with Crippen molar-refractivity contribution in [2.75, 3.05) is 14.2 Å². The number of methoxy groups -OCH3 is 2. The molecule has 0 amide bonds. The lowest BCUT2D eigenvalue weighted by Crippen LogP contribution is -2.21. The van der Waals surface area contributed by atoms with Gasteiger partial charge in [0.1, 0.15) is 4.83 Å². The summed E-state index contributed by atoms with van der Waals surface area (Å²) in [5.41, 5.74) is 1.97. The van der Waals surface area contributed by atoms with Crippen molar-refractivity contribution in [2.24, 2.45) is 0 Å². The van der Waals surface area contributed by atoms with Gasteiger partial charge in [-0.25, -0.2) is 4.98 Å². The van der Waals surface area contributed by atoms with Crippen molar-refractivity contribution >= 4 is 56.4 Å². The molecule has 0 unspecified atom stereocenters. The Morgan fingerprint density at radius 1 is 1.03 bits per heavy atom.